The van der Waals surface area contributed by atoms with Gasteiger partial charge in [-0.15, -0.1) is 0 Å². The first-order chi connectivity index (χ1) is 8.65. The minimum atomic E-state index is -0.158. The van der Waals surface area contributed by atoms with E-state index >= 15 is 0 Å². The molecule has 0 spiro atoms. The second-order valence-electron chi connectivity index (χ2n) is 4.18. The number of carbonyl (C=O) groups excluding carboxylic acids is 1. The molecule has 0 aliphatic carbocycles. The summed E-state index contributed by atoms with van der Waals surface area (Å²) < 4.78 is 0. The standard InChI is InChI=1S/C13H16N4O/c1-9-8-12(17-16-9)13(18)15-7-6-10-2-4-11(14)5-3-10/h2-5,8H,6-7,14H2,1H3,(H,15,18)(H,16,17). The van der Waals surface area contributed by atoms with Gasteiger partial charge >= 0.3 is 0 Å². The summed E-state index contributed by atoms with van der Waals surface area (Å²) >= 11 is 0. The molecule has 0 bridgehead atoms. The molecule has 0 unspecified atom stereocenters. The molecule has 0 saturated carbocycles. The first kappa shape index (κ1) is 12.2. The van der Waals surface area contributed by atoms with Gasteiger partial charge in [0.15, 0.2) is 0 Å². The van der Waals surface area contributed by atoms with Crippen molar-refractivity contribution in [3.8, 4) is 0 Å². The lowest BCUT2D eigenvalue weighted by molar-refractivity contribution is 0.0949. The molecule has 0 atom stereocenters. The zero-order chi connectivity index (χ0) is 13.0. The van der Waals surface area contributed by atoms with E-state index in [4.69, 9.17) is 5.73 Å². The molecular weight excluding hydrogens is 228 g/mol. The fraction of sp³-hybridized carbons (Fsp3) is 0.231. The Morgan fingerprint density at radius 3 is 2.72 bits per heavy atom. The Balaban J connectivity index is 1.82. The number of anilines is 1. The second kappa shape index (κ2) is 5.35. The number of hydrogen-bond acceptors (Lipinski definition) is 3. The van der Waals surface area contributed by atoms with E-state index in [0.717, 1.165) is 23.4 Å². The van der Waals surface area contributed by atoms with Gasteiger partial charge in [-0.3, -0.25) is 9.89 Å². The van der Waals surface area contributed by atoms with Gasteiger partial charge in [0.1, 0.15) is 5.69 Å². The van der Waals surface area contributed by atoms with Crippen LogP contribution in [-0.2, 0) is 6.42 Å². The Hall–Kier alpha value is -2.30. The number of aromatic amines is 1. The van der Waals surface area contributed by atoms with Crippen LogP contribution in [0.4, 0.5) is 5.69 Å². The van der Waals surface area contributed by atoms with Gasteiger partial charge in [0.2, 0.25) is 0 Å². The van der Waals surface area contributed by atoms with Crippen LogP contribution in [0.25, 0.3) is 0 Å². The van der Waals surface area contributed by atoms with Crippen LogP contribution in [0.2, 0.25) is 0 Å². The van der Waals surface area contributed by atoms with Crippen molar-refractivity contribution in [2.24, 2.45) is 0 Å². The van der Waals surface area contributed by atoms with Crippen LogP contribution in [0.5, 0.6) is 0 Å². The lowest BCUT2D eigenvalue weighted by Crippen LogP contribution is -2.26. The molecule has 2 rings (SSSR count). The summed E-state index contributed by atoms with van der Waals surface area (Å²) in [6.07, 6.45) is 0.773. The third kappa shape index (κ3) is 3.10. The van der Waals surface area contributed by atoms with Crippen LogP contribution in [0, 0.1) is 6.92 Å². The number of nitrogens with zero attached hydrogens (tertiary/aromatic N) is 1. The highest BCUT2D eigenvalue weighted by Crippen LogP contribution is 2.05. The van der Waals surface area contributed by atoms with Crippen molar-refractivity contribution in [1.82, 2.24) is 15.5 Å². The highest BCUT2D eigenvalue weighted by molar-refractivity contribution is 5.92. The Morgan fingerprint density at radius 1 is 1.39 bits per heavy atom. The molecular formula is C13H16N4O. The Morgan fingerprint density at radius 2 is 2.11 bits per heavy atom. The van der Waals surface area contributed by atoms with Gasteiger partial charge in [-0.2, -0.15) is 5.10 Å². The van der Waals surface area contributed by atoms with Gasteiger partial charge < -0.3 is 11.1 Å². The lowest BCUT2D eigenvalue weighted by Gasteiger charge is -2.03. The summed E-state index contributed by atoms with van der Waals surface area (Å²) in [5.74, 6) is -0.158. The summed E-state index contributed by atoms with van der Waals surface area (Å²) in [6, 6.07) is 9.35. The maximum Gasteiger partial charge on any atom is 0.271 e. The summed E-state index contributed by atoms with van der Waals surface area (Å²) in [5.41, 5.74) is 8.78. The number of nitrogens with two attached hydrogens (primary N) is 1. The predicted molar refractivity (Wildman–Crippen MR) is 70.2 cm³/mol. The molecule has 1 aromatic carbocycles. The number of benzene rings is 1. The van der Waals surface area contributed by atoms with Crippen LogP contribution in [0.3, 0.4) is 0 Å². The van der Waals surface area contributed by atoms with E-state index in [1.54, 1.807) is 6.07 Å². The second-order valence-corrected chi connectivity index (χ2v) is 4.18. The van der Waals surface area contributed by atoms with Crippen molar-refractivity contribution in [3.05, 3.63) is 47.3 Å². The summed E-state index contributed by atoms with van der Waals surface area (Å²) in [6.45, 7) is 2.44. The van der Waals surface area contributed by atoms with Crippen LogP contribution < -0.4 is 11.1 Å². The monoisotopic (exact) mass is 244 g/mol. The molecule has 0 saturated heterocycles. The van der Waals surface area contributed by atoms with Gasteiger partial charge in [0.25, 0.3) is 5.91 Å². The third-order valence-corrected chi connectivity index (χ3v) is 2.62. The molecule has 0 aliphatic rings. The fourth-order valence-electron chi connectivity index (χ4n) is 1.63. The number of aryl methyl sites for hydroxylation is 1. The highest BCUT2D eigenvalue weighted by atomic mass is 16.1. The van der Waals surface area contributed by atoms with E-state index in [1.807, 2.05) is 31.2 Å². The summed E-state index contributed by atoms with van der Waals surface area (Å²) in [7, 11) is 0. The third-order valence-electron chi connectivity index (χ3n) is 2.62. The molecule has 0 fully saturated rings. The largest absolute Gasteiger partial charge is 0.399 e. The number of hydrogen-bond donors (Lipinski definition) is 3. The Kier molecular flexibility index (Phi) is 3.62. The maximum absolute atomic E-state index is 11.7. The number of H-pyrrole nitrogens is 1. The predicted octanol–water partition coefficient (Wildman–Crippen LogP) is 1.27. The van der Waals surface area contributed by atoms with Gasteiger partial charge in [-0.05, 0) is 37.1 Å². The fourth-order valence-corrected chi connectivity index (χ4v) is 1.63. The van der Waals surface area contributed by atoms with Crippen molar-refractivity contribution in [1.29, 1.82) is 0 Å². The molecule has 1 heterocycles. The van der Waals surface area contributed by atoms with Gasteiger partial charge in [-0.1, -0.05) is 12.1 Å². The molecule has 5 nitrogen and oxygen atoms in total. The highest BCUT2D eigenvalue weighted by Gasteiger charge is 2.07. The number of rotatable bonds is 4. The lowest BCUT2D eigenvalue weighted by atomic mass is 10.1. The molecule has 0 radical (unpaired) electrons. The smallest absolute Gasteiger partial charge is 0.271 e. The van der Waals surface area contributed by atoms with Gasteiger partial charge in [0.05, 0.1) is 0 Å². The minimum Gasteiger partial charge on any atom is -0.399 e. The number of aromatic nitrogens is 2. The maximum atomic E-state index is 11.7. The topological polar surface area (TPSA) is 83.8 Å². The molecule has 1 aromatic heterocycles. The van der Waals surface area contributed by atoms with E-state index in [-0.39, 0.29) is 5.91 Å². The number of nitrogen functional groups attached to an aromatic ring is 1. The minimum absolute atomic E-state index is 0.158. The number of amides is 1. The van der Waals surface area contributed by atoms with Crippen molar-refractivity contribution >= 4 is 11.6 Å². The zero-order valence-electron chi connectivity index (χ0n) is 10.2. The summed E-state index contributed by atoms with van der Waals surface area (Å²) in [5, 5.41) is 9.46. The van der Waals surface area contributed by atoms with Crippen molar-refractivity contribution < 1.29 is 4.79 Å². The van der Waals surface area contributed by atoms with Crippen molar-refractivity contribution in [2.75, 3.05) is 12.3 Å². The van der Waals surface area contributed by atoms with E-state index in [2.05, 4.69) is 15.5 Å². The van der Waals surface area contributed by atoms with E-state index < -0.39 is 0 Å². The Labute approximate surface area is 105 Å². The van der Waals surface area contributed by atoms with Gasteiger partial charge in [0, 0.05) is 17.9 Å². The van der Waals surface area contributed by atoms with E-state index in [0.29, 0.717) is 12.2 Å². The number of carbonyl (C=O) groups is 1. The van der Waals surface area contributed by atoms with E-state index in [9.17, 15) is 4.79 Å². The molecule has 18 heavy (non-hydrogen) atoms. The van der Waals surface area contributed by atoms with Gasteiger partial charge in [-0.25, -0.2) is 0 Å². The first-order valence-corrected chi connectivity index (χ1v) is 5.80. The van der Waals surface area contributed by atoms with Crippen LogP contribution >= 0.6 is 0 Å². The summed E-state index contributed by atoms with van der Waals surface area (Å²) in [4.78, 5) is 11.7. The zero-order valence-corrected chi connectivity index (χ0v) is 10.2. The average Bonchev–Trinajstić information content (AvgIpc) is 2.78. The average molecular weight is 244 g/mol. The van der Waals surface area contributed by atoms with Crippen LogP contribution in [0.15, 0.2) is 30.3 Å². The molecule has 1 amide bonds. The van der Waals surface area contributed by atoms with Crippen LogP contribution in [0.1, 0.15) is 21.7 Å². The molecule has 0 aliphatic heterocycles. The van der Waals surface area contributed by atoms with E-state index in [1.165, 1.54) is 0 Å². The molecule has 4 N–H and O–H groups in total. The van der Waals surface area contributed by atoms with Crippen molar-refractivity contribution in [2.45, 2.75) is 13.3 Å². The quantitative estimate of drug-likeness (QED) is 0.708. The molecule has 5 heteroatoms. The van der Waals surface area contributed by atoms with Crippen LogP contribution in [-0.4, -0.2) is 22.6 Å². The van der Waals surface area contributed by atoms with Crippen molar-refractivity contribution in [3.63, 3.8) is 0 Å². The normalized spacial score (nSPS) is 10.3. The first-order valence-electron chi connectivity index (χ1n) is 5.80. The molecule has 2 aromatic rings. The number of nitrogens with one attached hydrogen (secondary N) is 2. The Bertz CT molecular complexity index is 530. The SMILES string of the molecule is Cc1cc(C(=O)NCCc2ccc(N)cc2)n[nH]1. The molecule has 94 valence electrons.